The molecule has 0 aliphatic heterocycles. The van der Waals surface area contributed by atoms with Crippen LogP contribution < -0.4 is 5.44 Å². The SMILES string of the molecule is O=P(=O)c1ccnnn1. The van der Waals surface area contributed by atoms with Gasteiger partial charge in [0.25, 0.3) is 0 Å². The Kier molecular flexibility index (Phi) is 1.65. The molecular formula is C3H2N3O2P. The zero-order chi connectivity index (χ0) is 6.69. The number of nitrogens with zero attached hydrogens (tertiary/aromatic N) is 3. The van der Waals surface area contributed by atoms with Crippen molar-refractivity contribution in [2.45, 2.75) is 0 Å². The van der Waals surface area contributed by atoms with Crippen LogP contribution in [0.2, 0.25) is 0 Å². The lowest BCUT2D eigenvalue weighted by Crippen LogP contribution is -2.02. The maximum atomic E-state index is 10.1. The third-order valence-corrected chi connectivity index (χ3v) is 1.29. The first-order valence-electron chi connectivity index (χ1n) is 2.09. The van der Waals surface area contributed by atoms with E-state index in [1.807, 2.05) is 0 Å². The fourth-order valence-corrected chi connectivity index (χ4v) is 0.634. The Balaban J connectivity index is 3.13. The number of hydrogen-bond donors (Lipinski definition) is 0. The number of hydrogen-bond acceptors (Lipinski definition) is 5. The molecular weight excluding hydrogens is 141 g/mol. The van der Waals surface area contributed by atoms with Crippen LogP contribution in [0.5, 0.6) is 0 Å². The van der Waals surface area contributed by atoms with Gasteiger partial charge in [0.2, 0.25) is 0 Å². The minimum absolute atomic E-state index is 0.0556. The molecule has 9 heavy (non-hydrogen) atoms. The lowest BCUT2D eigenvalue weighted by atomic mass is 10.7. The lowest BCUT2D eigenvalue weighted by molar-refractivity contribution is 0.521. The molecule has 6 heteroatoms. The molecule has 1 aromatic rings. The monoisotopic (exact) mass is 143 g/mol. The van der Waals surface area contributed by atoms with Crippen LogP contribution in [0.1, 0.15) is 0 Å². The maximum Gasteiger partial charge on any atom is 0.369 e. The minimum Gasteiger partial charge on any atom is -0.230 e. The van der Waals surface area contributed by atoms with Gasteiger partial charge in [-0.2, -0.15) is 0 Å². The molecule has 0 amide bonds. The van der Waals surface area contributed by atoms with Crippen molar-refractivity contribution < 1.29 is 9.13 Å². The average Bonchev–Trinajstić information content (AvgIpc) is 1.90. The third kappa shape index (κ3) is 1.40. The molecule has 0 saturated carbocycles. The van der Waals surface area contributed by atoms with E-state index in [0.29, 0.717) is 0 Å². The summed E-state index contributed by atoms with van der Waals surface area (Å²) in [5.41, 5.74) is -0.0556. The summed E-state index contributed by atoms with van der Waals surface area (Å²) in [4.78, 5) is 0. The molecule has 0 fully saturated rings. The van der Waals surface area contributed by atoms with Crippen molar-refractivity contribution in [1.29, 1.82) is 0 Å². The van der Waals surface area contributed by atoms with E-state index in [4.69, 9.17) is 0 Å². The van der Waals surface area contributed by atoms with Gasteiger partial charge in [0, 0.05) is 0 Å². The summed E-state index contributed by atoms with van der Waals surface area (Å²) in [7, 11) is -2.61. The van der Waals surface area contributed by atoms with Gasteiger partial charge < -0.3 is 0 Å². The molecule has 0 saturated heterocycles. The first kappa shape index (κ1) is 6.04. The zero-order valence-electron chi connectivity index (χ0n) is 4.26. The van der Waals surface area contributed by atoms with Crippen molar-refractivity contribution in [2.24, 2.45) is 0 Å². The van der Waals surface area contributed by atoms with Crippen molar-refractivity contribution >= 4 is 13.1 Å². The molecule has 0 radical (unpaired) electrons. The molecule has 0 unspecified atom stereocenters. The van der Waals surface area contributed by atoms with Gasteiger partial charge in [-0.25, -0.2) is 9.13 Å². The molecule has 46 valence electrons. The van der Waals surface area contributed by atoms with Gasteiger partial charge in [0.1, 0.15) is 0 Å². The highest BCUT2D eigenvalue weighted by atomic mass is 31.1. The van der Waals surface area contributed by atoms with E-state index in [0.717, 1.165) is 0 Å². The molecule has 0 N–H and O–H groups in total. The van der Waals surface area contributed by atoms with Crippen LogP contribution in [0.3, 0.4) is 0 Å². The maximum absolute atomic E-state index is 10.1. The van der Waals surface area contributed by atoms with E-state index >= 15 is 0 Å². The van der Waals surface area contributed by atoms with Crippen molar-refractivity contribution in [3.05, 3.63) is 12.3 Å². The summed E-state index contributed by atoms with van der Waals surface area (Å²) in [6.07, 6.45) is 1.27. The summed E-state index contributed by atoms with van der Waals surface area (Å²) in [5, 5.41) is 9.64. The summed E-state index contributed by atoms with van der Waals surface area (Å²) in [5.74, 6) is 0. The van der Waals surface area contributed by atoms with E-state index in [2.05, 4.69) is 15.4 Å². The van der Waals surface area contributed by atoms with Crippen LogP contribution in [0.15, 0.2) is 12.3 Å². The van der Waals surface area contributed by atoms with Gasteiger partial charge in [0.15, 0.2) is 5.44 Å². The molecule has 0 atom stereocenters. The Labute approximate surface area is 50.9 Å². The highest BCUT2D eigenvalue weighted by Crippen LogP contribution is 1.96. The largest absolute Gasteiger partial charge is 0.369 e. The van der Waals surface area contributed by atoms with Crippen LogP contribution in [0, 0.1) is 0 Å². The molecule has 0 aromatic carbocycles. The van der Waals surface area contributed by atoms with Gasteiger partial charge in [-0.15, -0.1) is 10.2 Å². The van der Waals surface area contributed by atoms with Gasteiger partial charge >= 0.3 is 7.68 Å². The van der Waals surface area contributed by atoms with Gasteiger partial charge in [0.05, 0.1) is 6.20 Å². The van der Waals surface area contributed by atoms with Crippen molar-refractivity contribution in [3.8, 4) is 0 Å². The highest BCUT2D eigenvalue weighted by molar-refractivity contribution is 7.40. The Morgan fingerprint density at radius 3 is 2.56 bits per heavy atom. The second kappa shape index (κ2) is 2.46. The zero-order valence-corrected chi connectivity index (χ0v) is 5.15. The second-order valence-corrected chi connectivity index (χ2v) is 2.21. The molecule has 0 bridgehead atoms. The van der Waals surface area contributed by atoms with E-state index in [1.54, 1.807) is 0 Å². The minimum atomic E-state index is -2.61. The van der Waals surface area contributed by atoms with Crippen LogP contribution in [0.25, 0.3) is 0 Å². The number of aromatic nitrogens is 3. The average molecular weight is 143 g/mol. The van der Waals surface area contributed by atoms with Gasteiger partial charge in [-0.05, 0) is 11.3 Å². The predicted octanol–water partition coefficient (Wildman–Crippen LogP) is -0.330. The first-order chi connectivity index (χ1) is 4.30. The van der Waals surface area contributed by atoms with Crippen molar-refractivity contribution in [3.63, 3.8) is 0 Å². The van der Waals surface area contributed by atoms with Crippen LogP contribution in [0.4, 0.5) is 0 Å². The van der Waals surface area contributed by atoms with Gasteiger partial charge in [-0.3, -0.25) is 0 Å². The fraction of sp³-hybridized carbons (Fsp3) is 0. The Morgan fingerprint density at radius 1 is 1.44 bits per heavy atom. The predicted molar refractivity (Wildman–Crippen MR) is 27.8 cm³/mol. The molecule has 1 rings (SSSR count). The van der Waals surface area contributed by atoms with Crippen LogP contribution in [-0.4, -0.2) is 15.4 Å². The Morgan fingerprint density at radius 2 is 2.22 bits per heavy atom. The summed E-state index contributed by atoms with van der Waals surface area (Å²) < 4.78 is 20.2. The van der Waals surface area contributed by atoms with Crippen molar-refractivity contribution in [2.75, 3.05) is 0 Å². The van der Waals surface area contributed by atoms with Crippen LogP contribution in [-0.2, 0) is 9.13 Å². The first-order valence-corrected chi connectivity index (χ1v) is 3.27. The van der Waals surface area contributed by atoms with E-state index in [-0.39, 0.29) is 5.44 Å². The quantitative estimate of drug-likeness (QED) is 0.503. The van der Waals surface area contributed by atoms with E-state index < -0.39 is 7.68 Å². The highest BCUT2D eigenvalue weighted by Gasteiger charge is 1.96. The molecule has 0 aliphatic rings. The van der Waals surface area contributed by atoms with Gasteiger partial charge in [-0.1, -0.05) is 0 Å². The molecule has 0 spiro atoms. The van der Waals surface area contributed by atoms with Crippen LogP contribution >= 0.6 is 7.68 Å². The second-order valence-electron chi connectivity index (χ2n) is 1.24. The van der Waals surface area contributed by atoms with E-state index in [1.165, 1.54) is 12.3 Å². The number of rotatable bonds is 1. The molecule has 5 nitrogen and oxygen atoms in total. The third-order valence-electron chi connectivity index (χ3n) is 0.676. The van der Waals surface area contributed by atoms with Crippen molar-refractivity contribution in [1.82, 2.24) is 15.4 Å². The molecule has 1 heterocycles. The molecule has 0 aliphatic carbocycles. The summed E-state index contributed by atoms with van der Waals surface area (Å²) in [6, 6.07) is 1.28. The lowest BCUT2D eigenvalue weighted by Gasteiger charge is -1.78. The standard InChI is InChI=1S/C3H2N3O2P/c7-9(8)3-1-2-4-6-5-3/h1-2H. The fourth-order valence-electron chi connectivity index (χ4n) is 0.332. The normalized spacial score (nSPS) is 8.89. The topological polar surface area (TPSA) is 72.8 Å². The summed E-state index contributed by atoms with van der Waals surface area (Å²) in [6.45, 7) is 0. The van der Waals surface area contributed by atoms with E-state index in [9.17, 15) is 9.13 Å². The summed E-state index contributed by atoms with van der Waals surface area (Å²) >= 11 is 0. The Hall–Kier alpha value is -1.09. The smallest absolute Gasteiger partial charge is 0.230 e. The Bertz CT molecular complexity index is 249. The molecule has 1 aromatic heterocycles.